The van der Waals surface area contributed by atoms with Gasteiger partial charge in [0.2, 0.25) is 0 Å². The molecule has 0 saturated carbocycles. The Bertz CT molecular complexity index is 872. The summed E-state index contributed by atoms with van der Waals surface area (Å²) in [6.07, 6.45) is 2.58. The first-order valence-electron chi connectivity index (χ1n) is 6.81. The minimum absolute atomic E-state index is 0. The largest absolute Gasteiger partial charge is 0.384 e. The van der Waals surface area contributed by atoms with Gasteiger partial charge in [-0.2, -0.15) is 0 Å². The lowest BCUT2D eigenvalue weighted by Crippen LogP contribution is -1.98. The van der Waals surface area contributed by atoms with Crippen molar-refractivity contribution in [1.82, 2.24) is 14.4 Å². The first-order valence-corrected chi connectivity index (χ1v) is 7.19. The van der Waals surface area contributed by atoms with Gasteiger partial charge in [0, 0.05) is 17.8 Å². The van der Waals surface area contributed by atoms with Crippen LogP contribution in [0.2, 0.25) is 5.15 Å². The minimum Gasteiger partial charge on any atom is -0.384 e. The van der Waals surface area contributed by atoms with Crippen LogP contribution in [0.1, 0.15) is 11.4 Å². The van der Waals surface area contributed by atoms with Crippen LogP contribution in [0.5, 0.6) is 0 Å². The predicted molar refractivity (Wildman–Crippen MR) is 92.0 cm³/mol. The highest BCUT2D eigenvalue weighted by atomic mass is 35.5. The van der Waals surface area contributed by atoms with Crippen LogP contribution in [0.4, 0.5) is 11.5 Å². The van der Waals surface area contributed by atoms with Crippen LogP contribution in [0.3, 0.4) is 0 Å². The number of rotatable bonds is 1. The van der Waals surface area contributed by atoms with E-state index in [1.165, 1.54) is 11.3 Å². The Morgan fingerprint density at radius 3 is 3.00 bits per heavy atom. The molecule has 0 spiro atoms. The molecule has 0 aliphatic carbocycles. The molecule has 7 heteroatoms. The van der Waals surface area contributed by atoms with Gasteiger partial charge in [-0.25, -0.2) is 9.97 Å². The van der Waals surface area contributed by atoms with Crippen molar-refractivity contribution in [3.63, 3.8) is 0 Å². The number of fused-ring (bicyclic) bond motifs is 2. The zero-order chi connectivity index (χ0) is 14.6. The average molecular weight is 336 g/mol. The van der Waals surface area contributed by atoms with E-state index < -0.39 is 0 Å². The molecular formula is C15H15Cl2N5. The van der Waals surface area contributed by atoms with E-state index in [2.05, 4.69) is 33.5 Å². The molecule has 2 aromatic heterocycles. The van der Waals surface area contributed by atoms with Crippen LogP contribution < -0.4 is 11.1 Å². The number of aryl methyl sites for hydroxylation is 1. The fourth-order valence-electron chi connectivity index (χ4n) is 2.92. The van der Waals surface area contributed by atoms with Gasteiger partial charge in [-0.1, -0.05) is 17.7 Å². The van der Waals surface area contributed by atoms with E-state index >= 15 is 0 Å². The summed E-state index contributed by atoms with van der Waals surface area (Å²) in [4.78, 5) is 8.80. The molecule has 1 aliphatic heterocycles. The molecule has 0 unspecified atom stereocenters. The maximum absolute atomic E-state index is 6.22. The number of nitrogens with one attached hydrogen (secondary N) is 1. The number of anilines is 2. The molecule has 0 fully saturated rings. The number of nitrogen functional groups attached to an aromatic ring is 1. The van der Waals surface area contributed by atoms with Crippen molar-refractivity contribution in [2.75, 3.05) is 17.6 Å². The second-order valence-electron chi connectivity index (χ2n) is 5.21. The Morgan fingerprint density at radius 1 is 1.36 bits per heavy atom. The van der Waals surface area contributed by atoms with Crippen LogP contribution in [-0.4, -0.2) is 20.9 Å². The van der Waals surface area contributed by atoms with Gasteiger partial charge in [-0.3, -0.25) is 4.40 Å². The van der Waals surface area contributed by atoms with Gasteiger partial charge in [-0.15, -0.1) is 12.4 Å². The summed E-state index contributed by atoms with van der Waals surface area (Å²) in [6.45, 7) is 2.90. The Balaban J connectivity index is 0.00000144. The van der Waals surface area contributed by atoms with Gasteiger partial charge < -0.3 is 11.1 Å². The van der Waals surface area contributed by atoms with Gasteiger partial charge >= 0.3 is 0 Å². The Hall–Kier alpha value is -1.98. The maximum atomic E-state index is 6.22. The molecule has 3 heterocycles. The fraction of sp³-hybridized carbons (Fsp3) is 0.200. The zero-order valence-electron chi connectivity index (χ0n) is 11.9. The lowest BCUT2D eigenvalue weighted by Gasteiger charge is -2.05. The first-order chi connectivity index (χ1) is 10.1. The molecule has 4 rings (SSSR count). The van der Waals surface area contributed by atoms with Crippen molar-refractivity contribution < 1.29 is 0 Å². The lowest BCUT2D eigenvalue weighted by atomic mass is 10.1. The van der Waals surface area contributed by atoms with Crippen molar-refractivity contribution in [2.24, 2.45) is 0 Å². The number of nitrogens with zero attached hydrogens (tertiary/aromatic N) is 3. The van der Waals surface area contributed by atoms with Crippen LogP contribution in [0.15, 0.2) is 24.4 Å². The number of hydrogen-bond donors (Lipinski definition) is 2. The summed E-state index contributed by atoms with van der Waals surface area (Å²) in [6, 6.07) is 6.31. The summed E-state index contributed by atoms with van der Waals surface area (Å²) in [5.41, 5.74) is 11.2. The molecule has 0 radical (unpaired) electrons. The van der Waals surface area contributed by atoms with Crippen molar-refractivity contribution in [2.45, 2.75) is 13.3 Å². The summed E-state index contributed by atoms with van der Waals surface area (Å²) in [5, 5.41) is 3.87. The Kier molecular flexibility index (Phi) is 3.62. The lowest BCUT2D eigenvalue weighted by molar-refractivity contribution is 1.03. The quantitative estimate of drug-likeness (QED) is 0.715. The standard InChI is InChI=1S/C15H14ClN5.ClH/c1-8-20-13(14-15(17)19-7-12(16)21(8)14)10-2-3-11-9(6-10)4-5-18-11;/h2-3,6-7,18H,4-5H2,1H3,(H2,17,19);1H. The normalized spacial score (nSPS) is 12.8. The zero-order valence-corrected chi connectivity index (χ0v) is 13.5. The van der Waals surface area contributed by atoms with Gasteiger partial charge in [0.25, 0.3) is 0 Å². The molecular weight excluding hydrogens is 321 g/mol. The highest BCUT2D eigenvalue weighted by Crippen LogP contribution is 2.33. The van der Waals surface area contributed by atoms with Gasteiger partial charge in [-0.05, 0) is 31.0 Å². The molecule has 1 aliphatic rings. The highest BCUT2D eigenvalue weighted by molar-refractivity contribution is 6.29. The topological polar surface area (TPSA) is 68.2 Å². The molecule has 22 heavy (non-hydrogen) atoms. The van der Waals surface area contributed by atoms with Crippen molar-refractivity contribution in [3.8, 4) is 11.3 Å². The van der Waals surface area contributed by atoms with Crippen molar-refractivity contribution in [3.05, 3.63) is 40.9 Å². The van der Waals surface area contributed by atoms with Gasteiger partial charge in [0.15, 0.2) is 0 Å². The average Bonchev–Trinajstić information content (AvgIpc) is 3.07. The molecule has 114 valence electrons. The number of imidazole rings is 1. The fourth-order valence-corrected chi connectivity index (χ4v) is 3.18. The Morgan fingerprint density at radius 2 is 2.18 bits per heavy atom. The number of benzene rings is 1. The van der Waals surface area contributed by atoms with E-state index in [-0.39, 0.29) is 12.4 Å². The molecule has 0 atom stereocenters. The van der Waals surface area contributed by atoms with E-state index in [1.54, 1.807) is 6.20 Å². The monoisotopic (exact) mass is 335 g/mol. The van der Waals surface area contributed by atoms with Crippen LogP contribution >= 0.6 is 24.0 Å². The third-order valence-electron chi connectivity index (χ3n) is 3.90. The maximum Gasteiger partial charge on any atom is 0.150 e. The first kappa shape index (κ1) is 14.9. The van der Waals surface area contributed by atoms with Gasteiger partial charge in [0.1, 0.15) is 28.0 Å². The summed E-state index contributed by atoms with van der Waals surface area (Å²) >= 11 is 6.22. The van der Waals surface area contributed by atoms with E-state index in [9.17, 15) is 0 Å². The number of aromatic nitrogens is 3. The third-order valence-corrected chi connectivity index (χ3v) is 4.17. The van der Waals surface area contributed by atoms with Crippen molar-refractivity contribution in [1.29, 1.82) is 0 Å². The van der Waals surface area contributed by atoms with E-state index in [0.29, 0.717) is 11.0 Å². The number of halogens is 2. The molecule has 0 amide bonds. The van der Waals surface area contributed by atoms with Gasteiger partial charge in [0.05, 0.1) is 6.20 Å². The SMILES string of the molecule is Cc1nc(-c2ccc3c(c2)CCN3)c2c(N)ncc(Cl)n12.Cl. The Labute approximate surface area is 138 Å². The molecule has 0 saturated heterocycles. The number of hydrogen-bond acceptors (Lipinski definition) is 4. The molecule has 1 aromatic carbocycles. The molecule has 5 nitrogen and oxygen atoms in total. The smallest absolute Gasteiger partial charge is 0.150 e. The second-order valence-corrected chi connectivity index (χ2v) is 5.59. The molecule has 3 aromatic rings. The van der Waals surface area contributed by atoms with Crippen molar-refractivity contribution >= 4 is 41.0 Å². The van der Waals surface area contributed by atoms with Crippen LogP contribution in [0, 0.1) is 6.92 Å². The summed E-state index contributed by atoms with van der Waals surface area (Å²) < 4.78 is 1.84. The summed E-state index contributed by atoms with van der Waals surface area (Å²) in [5.74, 6) is 1.24. The molecule has 3 N–H and O–H groups in total. The molecule has 0 bridgehead atoms. The second kappa shape index (κ2) is 5.34. The number of nitrogens with two attached hydrogens (primary N) is 1. The van der Waals surface area contributed by atoms with Crippen LogP contribution in [-0.2, 0) is 6.42 Å². The van der Waals surface area contributed by atoms with E-state index in [4.69, 9.17) is 17.3 Å². The van der Waals surface area contributed by atoms with E-state index in [0.717, 1.165) is 35.6 Å². The predicted octanol–water partition coefficient (Wildman–Crippen LogP) is 3.33. The van der Waals surface area contributed by atoms with Crippen LogP contribution in [0.25, 0.3) is 16.8 Å². The highest BCUT2D eigenvalue weighted by Gasteiger charge is 2.18. The van der Waals surface area contributed by atoms with E-state index in [1.807, 2.05) is 11.3 Å². The third kappa shape index (κ3) is 2.09. The summed E-state index contributed by atoms with van der Waals surface area (Å²) in [7, 11) is 0. The minimum atomic E-state index is 0.